The smallest absolute Gasteiger partial charge is 0.258 e. The molecule has 3 aromatic rings. The Hall–Kier alpha value is -2.43. The fourth-order valence-electron chi connectivity index (χ4n) is 3.82. The Kier molecular flexibility index (Phi) is 3.29. The van der Waals surface area contributed by atoms with E-state index < -0.39 is 0 Å². The van der Waals surface area contributed by atoms with Crippen molar-refractivity contribution in [3.8, 4) is 0 Å². The van der Waals surface area contributed by atoms with E-state index in [9.17, 15) is 10.0 Å². The summed E-state index contributed by atoms with van der Waals surface area (Å²) in [6, 6.07) is 3.80. The van der Waals surface area contributed by atoms with Gasteiger partial charge in [0.2, 0.25) is 5.52 Å². The maximum atomic E-state index is 12.8. The molecule has 0 amide bonds. The minimum atomic E-state index is -0.00641. The van der Waals surface area contributed by atoms with Crippen LogP contribution in [0, 0.1) is 5.21 Å². The monoisotopic (exact) mass is 309 g/mol. The number of nitrogens with zero attached hydrogens (tertiary/aromatic N) is 3. The average molecular weight is 309 g/mol. The van der Waals surface area contributed by atoms with Gasteiger partial charge in [0.1, 0.15) is 5.52 Å². The van der Waals surface area contributed by atoms with Crippen molar-refractivity contribution in [3.05, 3.63) is 51.8 Å². The molecule has 1 aliphatic rings. The summed E-state index contributed by atoms with van der Waals surface area (Å²) in [6.45, 7) is 0. The van der Waals surface area contributed by atoms with Crippen LogP contribution in [-0.2, 0) is 7.05 Å². The Balaban J connectivity index is 2.14. The van der Waals surface area contributed by atoms with Crippen LogP contribution < -0.4 is 10.3 Å². The Morgan fingerprint density at radius 3 is 2.87 bits per heavy atom. The molecule has 0 unspecified atom stereocenters. The number of hydrogen-bond donors (Lipinski definition) is 0. The van der Waals surface area contributed by atoms with E-state index in [1.165, 1.54) is 31.7 Å². The highest BCUT2D eigenvalue weighted by Gasteiger charge is 2.23. The van der Waals surface area contributed by atoms with E-state index in [4.69, 9.17) is 0 Å². The van der Waals surface area contributed by atoms with E-state index in [1.54, 1.807) is 17.8 Å². The van der Waals surface area contributed by atoms with Gasteiger partial charge in [0.25, 0.3) is 5.56 Å². The van der Waals surface area contributed by atoms with E-state index in [-0.39, 0.29) is 5.56 Å². The second kappa shape index (κ2) is 5.33. The van der Waals surface area contributed by atoms with Crippen LogP contribution in [0.4, 0.5) is 0 Å². The second-order valence-corrected chi connectivity index (χ2v) is 6.44. The molecule has 2 aromatic heterocycles. The van der Waals surface area contributed by atoms with Crippen molar-refractivity contribution in [2.24, 2.45) is 7.05 Å². The first-order chi connectivity index (χ1) is 11.2. The van der Waals surface area contributed by atoms with Crippen molar-refractivity contribution in [1.82, 2.24) is 9.55 Å². The summed E-state index contributed by atoms with van der Waals surface area (Å²) in [5, 5.41) is 13.7. The number of benzene rings is 1. The van der Waals surface area contributed by atoms with E-state index in [0.717, 1.165) is 33.9 Å². The van der Waals surface area contributed by atoms with E-state index in [0.29, 0.717) is 17.0 Å². The van der Waals surface area contributed by atoms with Crippen LogP contribution in [0.25, 0.3) is 21.8 Å². The minimum Gasteiger partial charge on any atom is -0.618 e. The van der Waals surface area contributed by atoms with Crippen LogP contribution in [0.5, 0.6) is 0 Å². The van der Waals surface area contributed by atoms with Gasteiger partial charge in [-0.05, 0) is 30.4 Å². The predicted octanol–water partition coefficient (Wildman–Crippen LogP) is 2.77. The highest BCUT2D eigenvalue weighted by molar-refractivity contribution is 6.04. The third-order valence-corrected chi connectivity index (χ3v) is 5.04. The van der Waals surface area contributed by atoms with Gasteiger partial charge >= 0.3 is 0 Å². The molecule has 1 fully saturated rings. The molecule has 0 bridgehead atoms. The maximum absolute atomic E-state index is 12.8. The molecule has 1 aliphatic carbocycles. The Bertz CT molecular complexity index is 956. The molecule has 5 nitrogen and oxygen atoms in total. The van der Waals surface area contributed by atoms with E-state index >= 15 is 0 Å². The summed E-state index contributed by atoms with van der Waals surface area (Å²) >= 11 is 0. The van der Waals surface area contributed by atoms with Crippen molar-refractivity contribution >= 4 is 21.8 Å². The van der Waals surface area contributed by atoms with Gasteiger partial charge in [-0.3, -0.25) is 4.79 Å². The molecule has 0 aliphatic heterocycles. The fourth-order valence-corrected chi connectivity index (χ4v) is 3.82. The SMILES string of the molecule is Cn1ccc2c(c(C3CCCCC3)cc3c2ncc[n+]3[O-])c1=O. The molecule has 0 saturated heterocycles. The number of pyridine rings is 1. The van der Waals surface area contributed by atoms with Gasteiger partial charge < -0.3 is 9.77 Å². The number of rotatable bonds is 1. The second-order valence-electron chi connectivity index (χ2n) is 6.44. The summed E-state index contributed by atoms with van der Waals surface area (Å²) in [6.07, 6.45) is 10.4. The number of hydrogen-bond acceptors (Lipinski definition) is 3. The zero-order valence-corrected chi connectivity index (χ0v) is 13.2. The maximum Gasteiger partial charge on any atom is 0.258 e. The molecule has 1 aromatic carbocycles. The topological polar surface area (TPSA) is 61.8 Å². The summed E-state index contributed by atoms with van der Waals surface area (Å²) in [7, 11) is 1.77. The predicted molar refractivity (Wildman–Crippen MR) is 89.3 cm³/mol. The molecule has 5 heteroatoms. The molecule has 1 saturated carbocycles. The first-order valence-electron chi connectivity index (χ1n) is 8.17. The zero-order valence-electron chi connectivity index (χ0n) is 13.2. The quantitative estimate of drug-likeness (QED) is 0.394. The normalized spacial score (nSPS) is 16.2. The number of aromatic nitrogens is 3. The van der Waals surface area contributed by atoms with E-state index in [2.05, 4.69) is 4.98 Å². The third-order valence-electron chi connectivity index (χ3n) is 5.04. The van der Waals surface area contributed by atoms with Crippen molar-refractivity contribution in [2.75, 3.05) is 0 Å². The van der Waals surface area contributed by atoms with Gasteiger partial charge in [0.15, 0.2) is 6.20 Å². The van der Waals surface area contributed by atoms with Gasteiger partial charge in [-0.1, -0.05) is 19.3 Å². The van der Waals surface area contributed by atoms with Gasteiger partial charge in [-0.2, -0.15) is 4.73 Å². The lowest BCUT2D eigenvalue weighted by atomic mass is 9.82. The standard InChI is InChI=1S/C18H19N3O2/c1-20-9-7-13-16(18(20)22)14(12-5-3-2-4-6-12)11-15-17(13)19-8-10-21(15)23/h7-12H,2-6H2,1H3. The van der Waals surface area contributed by atoms with Crippen LogP contribution in [0.3, 0.4) is 0 Å². The first-order valence-corrected chi connectivity index (χ1v) is 8.17. The summed E-state index contributed by atoms with van der Waals surface area (Å²) in [4.78, 5) is 17.1. The van der Waals surface area contributed by atoms with Crippen LogP contribution in [0.15, 0.2) is 35.5 Å². The lowest BCUT2D eigenvalue weighted by molar-refractivity contribution is -0.577. The van der Waals surface area contributed by atoms with Crippen LogP contribution in [0.2, 0.25) is 0 Å². The first kappa shape index (κ1) is 14.2. The largest absolute Gasteiger partial charge is 0.618 e. The van der Waals surface area contributed by atoms with Gasteiger partial charge in [0.05, 0.1) is 11.6 Å². The molecule has 0 radical (unpaired) electrons. The van der Waals surface area contributed by atoms with Gasteiger partial charge in [-0.25, -0.2) is 4.98 Å². The molecular formula is C18H19N3O2. The van der Waals surface area contributed by atoms with Crippen LogP contribution in [-0.4, -0.2) is 9.55 Å². The van der Waals surface area contributed by atoms with Crippen molar-refractivity contribution in [2.45, 2.75) is 38.0 Å². The minimum absolute atomic E-state index is 0.00641. The molecule has 118 valence electrons. The molecule has 0 N–H and O–H groups in total. The van der Waals surface area contributed by atoms with Gasteiger partial charge in [-0.15, -0.1) is 0 Å². The molecule has 0 spiro atoms. The molecule has 23 heavy (non-hydrogen) atoms. The lowest BCUT2D eigenvalue weighted by Crippen LogP contribution is -2.27. The van der Waals surface area contributed by atoms with Gasteiger partial charge in [0, 0.05) is 24.7 Å². The molecule has 0 atom stereocenters. The van der Waals surface area contributed by atoms with Crippen LogP contribution in [0.1, 0.15) is 43.6 Å². The Morgan fingerprint density at radius 2 is 2.09 bits per heavy atom. The molecule has 2 heterocycles. The lowest BCUT2D eigenvalue weighted by Gasteiger charge is -2.23. The number of fused-ring (bicyclic) bond motifs is 3. The molecule has 4 rings (SSSR count). The van der Waals surface area contributed by atoms with Crippen molar-refractivity contribution < 1.29 is 4.73 Å². The highest BCUT2D eigenvalue weighted by Crippen LogP contribution is 2.37. The third kappa shape index (κ3) is 2.19. The fraction of sp³-hybridized carbons (Fsp3) is 0.389. The van der Waals surface area contributed by atoms with Crippen molar-refractivity contribution in [3.63, 3.8) is 0 Å². The average Bonchev–Trinajstić information content (AvgIpc) is 2.58. The molecular weight excluding hydrogens is 290 g/mol. The summed E-state index contributed by atoms with van der Waals surface area (Å²) < 4.78 is 2.46. The van der Waals surface area contributed by atoms with Crippen molar-refractivity contribution in [1.29, 1.82) is 0 Å². The summed E-state index contributed by atoms with van der Waals surface area (Å²) in [5.74, 6) is 0.353. The zero-order chi connectivity index (χ0) is 16.0. The Morgan fingerprint density at radius 1 is 1.30 bits per heavy atom. The Labute approximate surface area is 133 Å². The van der Waals surface area contributed by atoms with Crippen LogP contribution >= 0.6 is 0 Å². The van der Waals surface area contributed by atoms with E-state index in [1.807, 2.05) is 12.1 Å². The highest BCUT2D eigenvalue weighted by atomic mass is 16.5. The number of aryl methyl sites for hydroxylation is 1. The summed E-state index contributed by atoms with van der Waals surface area (Å²) in [5.41, 5.74) is 2.17.